The quantitative estimate of drug-likeness (QED) is 0.930. The van der Waals surface area contributed by atoms with E-state index in [9.17, 15) is 14.3 Å². The number of benzene rings is 1. The second-order valence-corrected chi connectivity index (χ2v) is 6.67. The Morgan fingerprint density at radius 1 is 1.28 bits per heavy atom. The molecule has 2 aromatic rings. The summed E-state index contributed by atoms with van der Waals surface area (Å²) in [5, 5.41) is 11.0. The van der Waals surface area contributed by atoms with Crippen molar-refractivity contribution in [1.29, 1.82) is 0 Å². The summed E-state index contributed by atoms with van der Waals surface area (Å²) in [7, 11) is 3.73. The van der Waals surface area contributed by atoms with Gasteiger partial charge in [0.25, 0.3) is 5.91 Å². The van der Waals surface area contributed by atoms with E-state index >= 15 is 0 Å². The third-order valence-electron chi connectivity index (χ3n) is 4.59. The Bertz CT molecular complexity index is 764. The third-order valence-corrected chi connectivity index (χ3v) is 4.59. The van der Waals surface area contributed by atoms with Crippen LogP contribution in [0.15, 0.2) is 42.6 Å². The lowest BCUT2D eigenvalue weighted by atomic mass is 9.85. The molecule has 3 rings (SSSR count). The predicted molar refractivity (Wildman–Crippen MR) is 94.0 cm³/mol. The number of nitrogens with zero attached hydrogens (tertiary/aromatic N) is 3. The topological polar surface area (TPSA) is 56.7 Å². The van der Waals surface area contributed by atoms with Crippen LogP contribution >= 0.6 is 0 Å². The van der Waals surface area contributed by atoms with E-state index in [4.69, 9.17) is 0 Å². The Kier molecular flexibility index (Phi) is 4.72. The number of piperidine rings is 1. The maximum Gasteiger partial charge on any atom is 0.254 e. The van der Waals surface area contributed by atoms with Crippen LogP contribution in [0.3, 0.4) is 0 Å². The molecule has 6 heteroatoms. The predicted octanol–water partition coefficient (Wildman–Crippen LogP) is 2.41. The molecule has 0 bridgehead atoms. The summed E-state index contributed by atoms with van der Waals surface area (Å²) in [6.07, 6.45) is 2.84. The summed E-state index contributed by atoms with van der Waals surface area (Å²) in [5.41, 5.74) is 0.0242. The van der Waals surface area contributed by atoms with Crippen LogP contribution in [0.2, 0.25) is 0 Å². The van der Waals surface area contributed by atoms with Gasteiger partial charge in [-0.15, -0.1) is 0 Å². The number of aromatic nitrogens is 1. The van der Waals surface area contributed by atoms with Gasteiger partial charge in [-0.2, -0.15) is 0 Å². The van der Waals surface area contributed by atoms with E-state index in [0.29, 0.717) is 36.3 Å². The lowest BCUT2D eigenvalue weighted by Crippen LogP contribution is -2.48. The second-order valence-electron chi connectivity index (χ2n) is 6.67. The van der Waals surface area contributed by atoms with Crippen LogP contribution in [0.4, 0.5) is 10.2 Å². The van der Waals surface area contributed by atoms with Crippen LogP contribution < -0.4 is 4.90 Å². The first-order chi connectivity index (χ1) is 11.9. The summed E-state index contributed by atoms with van der Waals surface area (Å²) in [5.74, 6) is 0.228. The number of carbonyl (C=O) groups is 1. The van der Waals surface area contributed by atoms with Gasteiger partial charge >= 0.3 is 0 Å². The van der Waals surface area contributed by atoms with E-state index in [1.165, 1.54) is 12.1 Å². The average molecular weight is 343 g/mol. The Morgan fingerprint density at radius 3 is 2.68 bits per heavy atom. The van der Waals surface area contributed by atoms with Gasteiger partial charge in [-0.25, -0.2) is 9.37 Å². The zero-order valence-electron chi connectivity index (χ0n) is 14.4. The normalized spacial score (nSPS) is 20.4. The van der Waals surface area contributed by atoms with Crippen LogP contribution in [-0.4, -0.2) is 48.1 Å². The van der Waals surface area contributed by atoms with Gasteiger partial charge in [0.2, 0.25) is 0 Å². The van der Waals surface area contributed by atoms with Crippen molar-refractivity contribution in [1.82, 2.24) is 9.88 Å². The number of likely N-dealkylation sites (tertiary alicyclic amines) is 1. The van der Waals surface area contributed by atoms with Gasteiger partial charge in [0.15, 0.2) is 0 Å². The van der Waals surface area contributed by atoms with Crippen molar-refractivity contribution in [3.63, 3.8) is 0 Å². The highest BCUT2D eigenvalue weighted by Gasteiger charge is 2.37. The average Bonchev–Trinajstić information content (AvgIpc) is 2.61. The summed E-state index contributed by atoms with van der Waals surface area (Å²) in [6, 6.07) is 9.26. The highest BCUT2D eigenvalue weighted by molar-refractivity contribution is 5.95. The summed E-state index contributed by atoms with van der Waals surface area (Å²) < 4.78 is 13.2. The van der Waals surface area contributed by atoms with E-state index in [0.717, 1.165) is 0 Å². The molecule has 1 saturated heterocycles. The van der Waals surface area contributed by atoms with Gasteiger partial charge < -0.3 is 14.9 Å². The minimum absolute atomic E-state index is 0.134. The Hall–Kier alpha value is -2.47. The maximum atomic E-state index is 13.2. The SMILES string of the molecule is CN(C)c1cc(C(=O)N2CCCC(O)(c3ccc(F)cc3)C2)ccn1. The Morgan fingerprint density at radius 2 is 2.00 bits per heavy atom. The fraction of sp³-hybridized carbons (Fsp3) is 0.368. The van der Waals surface area contributed by atoms with Gasteiger partial charge in [-0.3, -0.25) is 4.79 Å². The van der Waals surface area contributed by atoms with Gasteiger partial charge in [0.05, 0.1) is 6.54 Å². The summed E-state index contributed by atoms with van der Waals surface area (Å²) in [4.78, 5) is 20.6. The fourth-order valence-electron chi connectivity index (χ4n) is 3.18. The smallest absolute Gasteiger partial charge is 0.254 e. The fourth-order valence-corrected chi connectivity index (χ4v) is 3.18. The molecule has 132 valence electrons. The molecule has 1 aromatic carbocycles. The third kappa shape index (κ3) is 3.64. The van der Waals surface area contributed by atoms with Gasteiger partial charge in [0.1, 0.15) is 17.2 Å². The molecule has 5 nitrogen and oxygen atoms in total. The number of carbonyl (C=O) groups excluding carboxylic acids is 1. The molecule has 0 saturated carbocycles. The van der Waals surface area contributed by atoms with Gasteiger partial charge in [0, 0.05) is 32.4 Å². The zero-order chi connectivity index (χ0) is 18.0. The number of β-amino-alcohol motifs (C(OH)–C–C–N with tert-alkyl or cyclic N) is 1. The number of hydrogen-bond donors (Lipinski definition) is 1. The highest BCUT2D eigenvalue weighted by atomic mass is 19.1. The molecule has 2 heterocycles. The van der Waals surface area contributed by atoms with Crippen molar-refractivity contribution in [3.8, 4) is 0 Å². The standard InChI is InChI=1S/C19H22FN3O2/c1-22(2)17-12-14(8-10-21-17)18(24)23-11-3-9-19(25,13-23)15-4-6-16(20)7-5-15/h4-8,10,12,25H,3,9,11,13H2,1-2H3. The molecule has 25 heavy (non-hydrogen) atoms. The van der Waals surface area contributed by atoms with E-state index in [-0.39, 0.29) is 18.3 Å². The summed E-state index contributed by atoms with van der Waals surface area (Å²) >= 11 is 0. The molecular formula is C19H22FN3O2. The van der Waals surface area contributed by atoms with Crippen LogP contribution in [0.25, 0.3) is 0 Å². The van der Waals surface area contributed by atoms with E-state index in [1.807, 2.05) is 19.0 Å². The molecule has 1 unspecified atom stereocenters. The van der Waals surface area contributed by atoms with Crippen molar-refractivity contribution in [3.05, 3.63) is 59.5 Å². The molecule has 1 aliphatic heterocycles. The second kappa shape index (κ2) is 6.80. The largest absolute Gasteiger partial charge is 0.383 e. The first kappa shape index (κ1) is 17.4. The van der Waals surface area contributed by atoms with Crippen LogP contribution in [-0.2, 0) is 5.60 Å². The molecule has 1 atom stereocenters. The zero-order valence-corrected chi connectivity index (χ0v) is 14.4. The number of halogens is 1. The molecule has 1 N–H and O–H groups in total. The van der Waals surface area contributed by atoms with Gasteiger partial charge in [-0.1, -0.05) is 12.1 Å². The van der Waals surface area contributed by atoms with E-state index < -0.39 is 5.60 Å². The molecule has 1 aliphatic rings. The number of aliphatic hydroxyl groups is 1. The number of pyridine rings is 1. The first-order valence-corrected chi connectivity index (χ1v) is 8.30. The monoisotopic (exact) mass is 343 g/mol. The van der Waals surface area contributed by atoms with Crippen LogP contribution in [0.1, 0.15) is 28.8 Å². The number of hydrogen-bond acceptors (Lipinski definition) is 4. The van der Waals surface area contributed by atoms with Crippen molar-refractivity contribution in [2.45, 2.75) is 18.4 Å². The van der Waals surface area contributed by atoms with Crippen LogP contribution in [0.5, 0.6) is 0 Å². The molecule has 0 spiro atoms. The maximum absolute atomic E-state index is 13.2. The Labute approximate surface area is 146 Å². The van der Waals surface area contributed by atoms with E-state index in [2.05, 4.69) is 4.98 Å². The minimum Gasteiger partial charge on any atom is -0.383 e. The molecule has 1 fully saturated rings. The van der Waals surface area contributed by atoms with Crippen molar-refractivity contribution in [2.24, 2.45) is 0 Å². The van der Waals surface area contributed by atoms with Crippen LogP contribution in [0, 0.1) is 5.82 Å². The number of rotatable bonds is 3. The van der Waals surface area contributed by atoms with Crippen molar-refractivity contribution < 1.29 is 14.3 Å². The minimum atomic E-state index is -1.15. The summed E-state index contributed by atoms with van der Waals surface area (Å²) in [6.45, 7) is 0.777. The molecule has 1 aromatic heterocycles. The molecule has 0 aliphatic carbocycles. The first-order valence-electron chi connectivity index (χ1n) is 8.30. The molecule has 1 amide bonds. The number of amides is 1. The van der Waals surface area contributed by atoms with Crippen molar-refractivity contribution in [2.75, 3.05) is 32.1 Å². The molecular weight excluding hydrogens is 321 g/mol. The molecule has 0 radical (unpaired) electrons. The number of anilines is 1. The van der Waals surface area contributed by atoms with Crippen molar-refractivity contribution >= 4 is 11.7 Å². The van der Waals surface area contributed by atoms with Gasteiger partial charge in [-0.05, 0) is 42.7 Å². The lowest BCUT2D eigenvalue weighted by Gasteiger charge is -2.39. The highest BCUT2D eigenvalue weighted by Crippen LogP contribution is 2.32. The van der Waals surface area contributed by atoms with E-state index in [1.54, 1.807) is 35.4 Å². The lowest BCUT2D eigenvalue weighted by molar-refractivity contribution is -0.0289. The Balaban J connectivity index is 1.82.